The fourth-order valence-corrected chi connectivity index (χ4v) is 4.58. The van der Waals surface area contributed by atoms with Gasteiger partial charge < -0.3 is 14.8 Å². The van der Waals surface area contributed by atoms with Crippen molar-refractivity contribution in [2.45, 2.75) is 49.9 Å². The van der Waals surface area contributed by atoms with Crippen molar-refractivity contribution >= 4 is 0 Å². The van der Waals surface area contributed by atoms with Gasteiger partial charge in [-0.3, -0.25) is 0 Å². The number of halogens is 3. The highest BCUT2D eigenvalue weighted by Crippen LogP contribution is 2.49. The second-order valence-corrected chi connectivity index (χ2v) is 7.73. The van der Waals surface area contributed by atoms with E-state index in [1.807, 2.05) is 18.2 Å². The van der Waals surface area contributed by atoms with Crippen LogP contribution in [0.5, 0.6) is 5.88 Å². The van der Waals surface area contributed by atoms with Crippen LogP contribution < -0.4 is 10.1 Å². The summed E-state index contributed by atoms with van der Waals surface area (Å²) in [7, 11) is 0. The van der Waals surface area contributed by atoms with Gasteiger partial charge in [0.25, 0.3) is 0 Å². The van der Waals surface area contributed by atoms with E-state index in [9.17, 15) is 13.2 Å². The van der Waals surface area contributed by atoms with Crippen molar-refractivity contribution in [3.05, 3.63) is 59.3 Å². The highest BCUT2D eigenvalue weighted by atomic mass is 19.4. The lowest BCUT2D eigenvalue weighted by atomic mass is 9.77. The number of ether oxygens (including phenoxy) is 2. The van der Waals surface area contributed by atoms with Gasteiger partial charge >= 0.3 is 6.18 Å². The van der Waals surface area contributed by atoms with Gasteiger partial charge in [0.05, 0.1) is 30.4 Å². The van der Waals surface area contributed by atoms with E-state index in [0.29, 0.717) is 25.2 Å². The van der Waals surface area contributed by atoms with E-state index in [-0.39, 0.29) is 17.8 Å². The molecule has 4 nitrogen and oxygen atoms in total. The van der Waals surface area contributed by atoms with E-state index in [1.54, 1.807) is 6.92 Å². The van der Waals surface area contributed by atoms with Gasteiger partial charge in [-0.2, -0.15) is 13.2 Å². The molecule has 0 radical (unpaired) electrons. The zero-order valence-electron chi connectivity index (χ0n) is 16.3. The molecule has 1 N–H and O–H groups in total. The first-order chi connectivity index (χ1) is 13.9. The van der Waals surface area contributed by atoms with Crippen LogP contribution in [0.1, 0.15) is 54.8 Å². The van der Waals surface area contributed by atoms with Crippen LogP contribution in [0.15, 0.2) is 42.6 Å². The number of hydrogen-bond acceptors (Lipinski definition) is 4. The number of alkyl halides is 3. The molecule has 0 unspecified atom stereocenters. The lowest BCUT2D eigenvalue weighted by molar-refractivity contribution is -0.137. The Kier molecular flexibility index (Phi) is 5.53. The molecular formula is C22H25F3N2O2. The first-order valence-corrected chi connectivity index (χ1v) is 10.1. The van der Waals surface area contributed by atoms with E-state index < -0.39 is 17.3 Å². The van der Waals surface area contributed by atoms with Crippen molar-refractivity contribution in [3.8, 4) is 5.88 Å². The standard InChI is InChI=1S/C22H25F3N2O2/c1-2-28-20-18(11-17(13-27-20)22(23,24)25)16-12-21(29-14-16)9-6-10-26-19(21)15-7-4-3-5-8-15/h3-5,7-8,11,13,16,19,26H,2,6,9-10,12,14H2,1H3/t16-,19-,21+/m0/s1. The first-order valence-electron chi connectivity index (χ1n) is 10.1. The molecule has 2 aliphatic rings. The number of piperidine rings is 1. The first kappa shape index (κ1) is 20.2. The second kappa shape index (κ2) is 7.95. The van der Waals surface area contributed by atoms with Gasteiger partial charge in [0.15, 0.2) is 0 Å². The summed E-state index contributed by atoms with van der Waals surface area (Å²) in [6, 6.07) is 11.3. The minimum absolute atomic E-state index is 0.0109. The van der Waals surface area contributed by atoms with Gasteiger partial charge in [0, 0.05) is 17.7 Å². The topological polar surface area (TPSA) is 43.4 Å². The van der Waals surface area contributed by atoms with E-state index in [2.05, 4.69) is 22.4 Å². The van der Waals surface area contributed by atoms with Gasteiger partial charge in [0.2, 0.25) is 5.88 Å². The van der Waals surface area contributed by atoms with Crippen molar-refractivity contribution < 1.29 is 22.6 Å². The van der Waals surface area contributed by atoms with Gasteiger partial charge in [-0.15, -0.1) is 0 Å². The van der Waals surface area contributed by atoms with Gasteiger partial charge in [-0.05, 0) is 44.4 Å². The normalized spacial score (nSPS) is 27.3. The number of benzene rings is 1. The molecule has 4 rings (SSSR count). The average molecular weight is 406 g/mol. The smallest absolute Gasteiger partial charge is 0.417 e. The van der Waals surface area contributed by atoms with Gasteiger partial charge in [-0.25, -0.2) is 4.98 Å². The molecule has 2 fully saturated rings. The molecule has 0 saturated carbocycles. The number of nitrogens with zero attached hydrogens (tertiary/aromatic N) is 1. The third kappa shape index (κ3) is 3.98. The average Bonchev–Trinajstić information content (AvgIpc) is 3.13. The summed E-state index contributed by atoms with van der Waals surface area (Å²) in [6.07, 6.45) is -1.14. The minimum Gasteiger partial charge on any atom is -0.478 e. The van der Waals surface area contributed by atoms with Crippen LogP contribution in [0.2, 0.25) is 0 Å². The van der Waals surface area contributed by atoms with Crippen molar-refractivity contribution in [1.82, 2.24) is 10.3 Å². The van der Waals surface area contributed by atoms with Gasteiger partial charge in [0.1, 0.15) is 0 Å². The summed E-state index contributed by atoms with van der Waals surface area (Å²) in [4.78, 5) is 3.98. The van der Waals surface area contributed by atoms with Crippen LogP contribution >= 0.6 is 0 Å². The summed E-state index contributed by atoms with van der Waals surface area (Å²) >= 11 is 0. The van der Waals surface area contributed by atoms with Crippen LogP contribution in [-0.4, -0.2) is 30.3 Å². The zero-order valence-corrected chi connectivity index (χ0v) is 16.3. The van der Waals surface area contributed by atoms with Crippen LogP contribution in [0.3, 0.4) is 0 Å². The molecular weight excluding hydrogens is 381 g/mol. The molecule has 0 bridgehead atoms. The lowest BCUT2D eigenvalue weighted by Crippen LogP contribution is -2.48. The highest BCUT2D eigenvalue weighted by Gasteiger charge is 2.49. The predicted octanol–water partition coefficient (Wildman–Crippen LogP) is 4.87. The molecule has 2 aliphatic heterocycles. The monoisotopic (exact) mass is 406 g/mol. The Bertz CT molecular complexity index is 844. The molecule has 29 heavy (non-hydrogen) atoms. The van der Waals surface area contributed by atoms with Crippen molar-refractivity contribution in [1.29, 1.82) is 0 Å². The predicted molar refractivity (Wildman–Crippen MR) is 103 cm³/mol. The molecule has 156 valence electrons. The second-order valence-electron chi connectivity index (χ2n) is 7.73. The third-order valence-corrected chi connectivity index (χ3v) is 5.88. The molecule has 1 aromatic heterocycles. The molecule has 2 saturated heterocycles. The quantitative estimate of drug-likeness (QED) is 0.787. The number of pyridine rings is 1. The van der Waals surface area contributed by atoms with E-state index >= 15 is 0 Å². The fraction of sp³-hybridized carbons (Fsp3) is 0.500. The third-order valence-electron chi connectivity index (χ3n) is 5.88. The number of hydrogen-bond donors (Lipinski definition) is 1. The summed E-state index contributed by atoms with van der Waals surface area (Å²) < 4.78 is 51.7. The molecule has 0 aliphatic carbocycles. The van der Waals surface area contributed by atoms with Crippen LogP contribution in [0, 0.1) is 0 Å². The summed E-state index contributed by atoms with van der Waals surface area (Å²) in [6.45, 7) is 3.39. The molecule has 7 heteroatoms. The maximum Gasteiger partial charge on any atom is 0.417 e. The van der Waals surface area contributed by atoms with Crippen molar-refractivity contribution in [3.63, 3.8) is 0 Å². The van der Waals surface area contributed by atoms with E-state index in [4.69, 9.17) is 9.47 Å². The number of aromatic nitrogens is 1. The molecule has 2 aromatic rings. The Hall–Kier alpha value is -2.12. The molecule has 3 atom stereocenters. The summed E-state index contributed by atoms with van der Waals surface area (Å²) in [5, 5.41) is 3.56. The molecule has 1 spiro atoms. The zero-order chi connectivity index (χ0) is 20.5. The largest absolute Gasteiger partial charge is 0.478 e. The Morgan fingerprint density at radius 1 is 1.28 bits per heavy atom. The molecule has 3 heterocycles. The Morgan fingerprint density at radius 3 is 2.79 bits per heavy atom. The van der Waals surface area contributed by atoms with Crippen LogP contribution in [0.25, 0.3) is 0 Å². The van der Waals surface area contributed by atoms with Gasteiger partial charge in [-0.1, -0.05) is 30.3 Å². The highest BCUT2D eigenvalue weighted by molar-refractivity contribution is 5.36. The summed E-state index contributed by atoms with van der Waals surface area (Å²) in [5.41, 5.74) is 0.427. The van der Waals surface area contributed by atoms with Crippen LogP contribution in [-0.2, 0) is 10.9 Å². The SMILES string of the molecule is CCOc1ncc(C(F)(F)F)cc1[C@@H]1CO[C@]2(CCCN[C@H]2c2ccccc2)C1. The number of rotatable bonds is 4. The molecule has 1 aromatic carbocycles. The number of nitrogens with one attached hydrogen (secondary N) is 1. The minimum atomic E-state index is -4.44. The Labute approximate surface area is 168 Å². The maximum atomic E-state index is 13.3. The molecule has 0 amide bonds. The Morgan fingerprint density at radius 2 is 2.07 bits per heavy atom. The summed E-state index contributed by atoms with van der Waals surface area (Å²) in [5.74, 6) is 0.0728. The Balaban J connectivity index is 1.66. The van der Waals surface area contributed by atoms with E-state index in [1.165, 1.54) is 6.07 Å². The van der Waals surface area contributed by atoms with Crippen molar-refractivity contribution in [2.24, 2.45) is 0 Å². The lowest BCUT2D eigenvalue weighted by Gasteiger charge is -2.41. The van der Waals surface area contributed by atoms with E-state index in [0.717, 1.165) is 31.1 Å². The maximum absolute atomic E-state index is 13.3. The van der Waals surface area contributed by atoms with Crippen LogP contribution in [0.4, 0.5) is 13.2 Å². The van der Waals surface area contributed by atoms with Crippen molar-refractivity contribution in [2.75, 3.05) is 19.8 Å². The fourth-order valence-electron chi connectivity index (χ4n) is 4.58.